The van der Waals surface area contributed by atoms with Crippen LogP contribution in [-0.4, -0.2) is 61.0 Å². The maximum absolute atomic E-state index is 12.8. The second-order valence-electron chi connectivity index (χ2n) is 7.82. The van der Waals surface area contributed by atoms with Gasteiger partial charge in [0.1, 0.15) is 0 Å². The van der Waals surface area contributed by atoms with Crippen molar-refractivity contribution in [1.29, 1.82) is 0 Å². The zero-order chi connectivity index (χ0) is 19.5. The molecule has 3 aliphatic rings. The van der Waals surface area contributed by atoms with Crippen LogP contribution >= 0.6 is 11.6 Å². The number of likely N-dealkylation sites (tertiary alicyclic amines) is 2. The molecule has 0 atom stereocenters. The van der Waals surface area contributed by atoms with E-state index in [4.69, 9.17) is 21.1 Å². The minimum absolute atomic E-state index is 0.0645. The largest absolute Gasteiger partial charge is 0.489 e. The van der Waals surface area contributed by atoms with Crippen LogP contribution in [0, 0.1) is 5.92 Å². The number of hydrogen-bond acceptors (Lipinski definition) is 4. The molecule has 2 saturated heterocycles. The van der Waals surface area contributed by atoms with Crippen LogP contribution in [0.2, 0.25) is 5.02 Å². The van der Waals surface area contributed by atoms with Gasteiger partial charge in [-0.3, -0.25) is 9.59 Å². The van der Waals surface area contributed by atoms with Crippen LogP contribution < -0.4 is 9.47 Å². The molecule has 1 aromatic carbocycles. The normalized spacial score (nSPS) is 20.2. The fraction of sp³-hybridized carbons (Fsp3) is 0.619. The quantitative estimate of drug-likeness (QED) is 0.774. The van der Waals surface area contributed by atoms with Crippen LogP contribution in [0.5, 0.6) is 11.5 Å². The lowest BCUT2D eigenvalue weighted by atomic mass is 9.95. The average Bonchev–Trinajstić information content (AvgIpc) is 3.13. The summed E-state index contributed by atoms with van der Waals surface area (Å²) in [6.45, 7) is 4.23. The van der Waals surface area contributed by atoms with Gasteiger partial charge in [0, 0.05) is 38.5 Å². The number of rotatable bonds is 3. The maximum Gasteiger partial charge on any atom is 0.226 e. The topological polar surface area (TPSA) is 59.1 Å². The first-order valence-corrected chi connectivity index (χ1v) is 10.6. The van der Waals surface area contributed by atoms with Crippen molar-refractivity contribution in [2.24, 2.45) is 5.92 Å². The molecule has 0 aromatic heterocycles. The second kappa shape index (κ2) is 8.60. The first-order chi connectivity index (χ1) is 13.6. The molecule has 0 saturated carbocycles. The monoisotopic (exact) mass is 406 g/mol. The Kier molecular flexibility index (Phi) is 5.95. The number of nitrogens with zero attached hydrogens (tertiary/aromatic N) is 2. The van der Waals surface area contributed by atoms with E-state index in [-0.39, 0.29) is 24.2 Å². The van der Waals surface area contributed by atoms with Crippen molar-refractivity contribution in [3.05, 3.63) is 22.7 Å². The van der Waals surface area contributed by atoms with Crippen molar-refractivity contribution in [3.63, 3.8) is 0 Å². The van der Waals surface area contributed by atoms with Crippen molar-refractivity contribution in [1.82, 2.24) is 9.80 Å². The summed E-state index contributed by atoms with van der Waals surface area (Å²) >= 11 is 6.33. The van der Waals surface area contributed by atoms with Gasteiger partial charge in [0.05, 0.1) is 24.7 Å². The standard InChI is InChI=1S/C21H27ClN2O4/c22-17-12-15(13-18-20(17)28-11-3-10-27-18)14-19(25)23-8-4-16(5-9-23)21(26)24-6-1-2-7-24/h12-13,16H,1-11,14H2. The molecular formula is C21H27ClN2O4. The van der Waals surface area contributed by atoms with Gasteiger partial charge in [0.15, 0.2) is 11.5 Å². The number of halogens is 1. The molecular weight excluding hydrogens is 380 g/mol. The van der Waals surface area contributed by atoms with E-state index >= 15 is 0 Å². The highest BCUT2D eigenvalue weighted by molar-refractivity contribution is 6.32. The number of piperidine rings is 1. The van der Waals surface area contributed by atoms with E-state index < -0.39 is 0 Å². The second-order valence-corrected chi connectivity index (χ2v) is 8.23. The lowest BCUT2D eigenvalue weighted by molar-refractivity contribution is -0.139. The Morgan fingerprint density at radius 2 is 1.68 bits per heavy atom. The maximum atomic E-state index is 12.8. The molecule has 0 unspecified atom stereocenters. The number of ether oxygens (including phenoxy) is 2. The number of hydrogen-bond donors (Lipinski definition) is 0. The molecule has 7 heteroatoms. The molecule has 2 amide bonds. The Morgan fingerprint density at radius 3 is 2.43 bits per heavy atom. The first kappa shape index (κ1) is 19.4. The minimum atomic E-state index is 0.0645. The predicted molar refractivity (Wildman–Crippen MR) is 106 cm³/mol. The van der Waals surface area contributed by atoms with E-state index in [1.165, 1.54) is 0 Å². The third-order valence-corrected chi connectivity index (χ3v) is 6.11. The molecule has 0 aliphatic carbocycles. The number of carbonyl (C=O) groups excluding carboxylic acids is 2. The fourth-order valence-electron chi connectivity index (χ4n) is 4.24. The van der Waals surface area contributed by atoms with Crippen LogP contribution in [0.25, 0.3) is 0 Å². The smallest absolute Gasteiger partial charge is 0.226 e. The zero-order valence-corrected chi connectivity index (χ0v) is 16.9. The van der Waals surface area contributed by atoms with E-state index in [9.17, 15) is 9.59 Å². The Morgan fingerprint density at radius 1 is 0.964 bits per heavy atom. The third-order valence-electron chi connectivity index (χ3n) is 5.83. The van der Waals surface area contributed by atoms with Gasteiger partial charge < -0.3 is 19.3 Å². The van der Waals surface area contributed by atoms with Crippen LogP contribution in [0.3, 0.4) is 0 Å². The highest BCUT2D eigenvalue weighted by Gasteiger charge is 2.31. The lowest BCUT2D eigenvalue weighted by Crippen LogP contribution is -2.44. The summed E-state index contributed by atoms with van der Waals surface area (Å²) in [4.78, 5) is 29.2. The summed E-state index contributed by atoms with van der Waals surface area (Å²) in [5.41, 5.74) is 0.828. The van der Waals surface area contributed by atoms with Gasteiger partial charge in [-0.25, -0.2) is 0 Å². The molecule has 3 heterocycles. The first-order valence-electron chi connectivity index (χ1n) is 10.3. The molecule has 152 valence electrons. The van der Waals surface area contributed by atoms with Gasteiger partial charge >= 0.3 is 0 Å². The molecule has 1 aromatic rings. The van der Waals surface area contributed by atoms with Crippen molar-refractivity contribution in [3.8, 4) is 11.5 Å². The number of benzene rings is 1. The van der Waals surface area contributed by atoms with Crippen LogP contribution in [0.1, 0.15) is 37.7 Å². The van der Waals surface area contributed by atoms with Gasteiger partial charge in [0.25, 0.3) is 0 Å². The molecule has 4 rings (SSSR count). The van der Waals surface area contributed by atoms with Crippen molar-refractivity contribution < 1.29 is 19.1 Å². The molecule has 3 aliphatic heterocycles. The minimum Gasteiger partial charge on any atom is -0.489 e. The molecule has 0 bridgehead atoms. The fourth-order valence-corrected chi connectivity index (χ4v) is 4.53. The summed E-state index contributed by atoms with van der Waals surface area (Å²) in [6, 6.07) is 3.64. The van der Waals surface area contributed by atoms with Crippen LogP contribution in [0.4, 0.5) is 0 Å². The van der Waals surface area contributed by atoms with E-state index in [1.54, 1.807) is 6.07 Å². The van der Waals surface area contributed by atoms with E-state index in [0.29, 0.717) is 42.8 Å². The van der Waals surface area contributed by atoms with Crippen molar-refractivity contribution in [2.45, 2.75) is 38.5 Å². The molecule has 28 heavy (non-hydrogen) atoms. The van der Waals surface area contributed by atoms with Crippen LogP contribution in [0.15, 0.2) is 12.1 Å². The summed E-state index contributed by atoms with van der Waals surface area (Å²) in [5.74, 6) is 1.59. The zero-order valence-electron chi connectivity index (χ0n) is 16.1. The lowest BCUT2D eigenvalue weighted by Gasteiger charge is -2.33. The summed E-state index contributed by atoms with van der Waals surface area (Å²) < 4.78 is 11.4. The van der Waals surface area contributed by atoms with Crippen molar-refractivity contribution >= 4 is 23.4 Å². The molecule has 2 fully saturated rings. The molecule has 0 radical (unpaired) electrons. The van der Waals surface area contributed by atoms with E-state index in [1.807, 2.05) is 15.9 Å². The highest BCUT2D eigenvalue weighted by Crippen LogP contribution is 2.38. The molecule has 0 N–H and O–H groups in total. The molecule has 0 spiro atoms. The van der Waals surface area contributed by atoms with Gasteiger partial charge in [-0.2, -0.15) is 0 Å². The Hall–Kier alpha value is -1.95. The van der Waals surface area contributed by atoms with E-state index in [2.05, 4.69) is 0 Å². The van der Waals surface area contributed by atoms with Gasteiger partial charge in [0.2, 0.25) is 11.8 Å². The van der Waals surface area contributed by atoms with E-state index in [0.717, 1.165) is 50.8 Å². The average molecular weight is 407 g/mol. The third kappa shape index (κ3) is 4.22. The molecule has 6 nitrogen and oxygen atoms in total. The van der Waals surface area contributed by atoms with Crippen molar-refractivity contribution in [2.75, 3.05) is 39.4 Å². The highest BCUT2D eigenvalue weighted by atomic mass is 35.5. The Balaban J connectivity index is 1.34. The summed E-state index contributed by atoms with van der Waals surface area (Å²) in [6.07, 6.45) is 4.82. The van der Waals surface area contributed by atoms with Gasteiger partial charge in [-0.1, -0.05) is 11.6 Å². The summed E-state index contributed by atoms with van der Waals surface area (Å²) in [5, 5.41) is 0.483. The Bertz CT molecular complexity index is 740. The van der Waals surface area contributed by atoms with Gasteiger partial charge in [-0.15, -0.1) is 0 Å². The predicted octanol–water partition coefficient (Wildman–Crippen LogP) is 2.90. The summed E-state index contributed by atoms with van der Waals surface area (Å²) in [7, 11) is 0. The van der Waals surface area contributed by atoms with Crippen LogP contribution in [-0.2, 0) is 16.0 Å². The SMILES string of the molecule is O=C(Cc1cc(Cl)c2c(c1)OCCCO2)N1CCC(C(=O)N2CCCC2)CC1. The number of amides is 2. The van der Waals surface area contributed by atoms with Gasteiger partial charge in [-0.05, 0) is 43.4 Å². The number of carbonyl (C=O) groups is 2. The Labute approximate surface area is 170 Å². The number of fused-ring (bicyclic) bond motifs is 1.